The van der Waals surface area contributed by atoms with E-state index in [1.54, 1.807) is 0 Å². The van der Waals surface area contributed by atoms with Crippen molar-refractivity contribution in [1.29, 1.82) is 0 Å². The van der Waals surface area contributed by atoms with Crippen molar-refractivity contribution in [1.82, 2.24) is 10.2 Å². The first-order valence-corrected chi connectivity index (χ1v) is 7.20. The van der Waals surface area contributed by atoms with E-state index in [1.165, 1.54) is 24.3 Å². The van der Waals surface area contributed by atoms with Crippen LogP contribution in [0.15, 0.2) is 24.3 Å². The van der Waals surface area contributed by atoms with Gasteiger partial charge in [-0.15, -0.1) is 0 Å². The van der Waals surface area contributed by atoms with Crippen LogP contribution < -0.4 is 5.32 Å². The number of carbonyl (C=O) groups is 4. The summed E-state index contributed by atoms with van der Waals surface area (Å²) in [5, 5.41) is 2.91. The Hall–Kier alpha value is -2.12. The average molecular weight is 338 g/mol. The molecular formula is C17H26N2O5. The van der Waals surface area contributed by atoms with Gasteiger partial charge in [0.1, 0.15) is 6.04 Å². The highest BCUT2D eigenvalue weighted by Crippen LogP contribution is 2.03. The van der Waals surface area contributed by atoms with Crippen LogP contribution in [0.2, 0.25) is 0 Å². The van der Waals surface area contributed by atoms with Crippen molar-refractivity contribution in [2.24, 2.45) is 0 Å². The summed E-state index contributed by atoms with van der Waals surface area (Å²) in [4.78, 5) is 46.3. The van der Waals surface area contributed by atoms with E-state index in [4.69, 9.17) is 4.74 Å². The van der Waals surface area contributed by atoms with E-state index < -0.39 is 6.04 Å². The zero-order chi connectivity index (χ0) is 15.9. The molecule has 0 unspecified atom stereocenters. The molecule has 1 N–H and O–H groups in total. The molecule has 134 valence electrons. The molecular weight excluding hydrogens is 312 g/mol. The van der Waals surface area contributed by atoms with E-state index in [-0.39, 0.29) is 44.8 Å². The maximum absolute atomic E-state index is 11.3. The lowest BCUT2D eigenvalue weighted by Gasteiger charge is -2.13. The number of amides is 2. The van der Waals surface area contributed by atoms with E-state index in [0.29, 0.717) is 19.8 Å². The Bertz CT molecular complexity index is 455. The number of nitrogens with zero attached hydrogens (tertiary/aromatic N) is 1. The molecule has 0 radical (unpaired) electrons. The van der Waals surface area contributed by atoms with Gasteiger partial charge in [-0.1, -0.05) is 14.9 Å². The van der Waals surface area contributed by atoms with Crippen molar-refractivity contribution in [3.8, 4) is 0 Å². The van der Waals surface area contributed by atoms with Crippen molar-refractivity contribution in [2.75, 3.05) is 26.3 Å². The summed E-state index contributed by atoms with van der Waals surface area (Å²) in [6.07, 6.45) is 6.59. The van der Waals surface area contributed by atoms with Crippen LogP contribution in [-0.2, 0) is 23.9 Å². The van der Waals surface area contributed by atoms with Gasteiger partial charge in [0.2, 0.25) is 0 Å². The Morgan fingerprint density at radius 2 is 1.46 bits per heavy atom. The first-order chi connectivity index (χ1) is 10.6. The Morgan fingerprint density at radius 3 is 2.04 bits per heavy atom. The van der Waals surface area contributed by atoms with E-state index >= 15 is 0 Å². The number of nitrogens with one attached hydrogen (secondary N) is 1. The molecule has 2 rings (SSSR count). The Labute approximate surface area is 142 Å². The molecule has 0 bridgehead atoms. The van der Waals surface area contributed by atoms with Crippen molar-refractivity contribution >= 4 is 23.4 Å². The van der Waals surface area contributed by atoms with Gasteiger partial charge in [-0.3, -0.25) is 24.1 Å². The molecule has 0 aromatic rings. The molecule has 0 spiro atoms. The minimum atomic E-state index is -0.722. The molecule has 2 aliphatic rings. The third-order valence-corrected chi connectivity index (χ3v) is 3.40. The number of carbonyl (C=O) groups excluding carboxylic acids is 4. The summed E-state index contributed by atoms with van der Waals surface area (Å²) >= 11 is 0. The van der Waals surface area contributed by atoms with Gasteiger partial charge in [0, 0.05) is 18.8 Å². The predicted octanol–water partition coefficient (Wildman–Crippen LogP) is 0.647. The van der Waals surface area contributed by atoms with E-state index in [0.717, 1.165) is 17.7 Å². The summed E-state index contributed by atoms with van der Waals surface area (Å²) in [6, 6.07) is -0.722. The van der Waals surface area contributed by atoms with Crippen LogP contribution in [0.1, 0.15) is 27.7 Å². The Kier molecular flexibility index (Phi) is 9.68. The lowest BCUT2D eigenvalue weighted by atomic mass is 10.2. The van der Waals surface area contributed by atoms with Gasteiger partial charge >= 0.3 is 0 Å². The Morgan fingerprint density at radius 1 is 0.875 bits per heavy atom. The van der Waals surface area contributed by atoms with Crippen LogP contribution >= 0.6 is 0 Å². The number of ketones is 2. The number of rotatable bonds is 9. The zero-order valence-corrected chi connectivity index (χ0v) is 12.1. The second-order valence-electron chi connectivity index (χ2n) is 5.01. The summed E-state index contributed by atoms with van der Waals surface area (Å²) < 4.78 is 5.36. The van der Waals surface area contributed by atoms with Crippen molar-refractivity contribution in [3.63, 3.8) is 0 Å². The highest BCUT2D eigenvalue weighted by atomic mass is 16.5. The van der Waals surface area contributed by atoms with Crippen molar-refractivity contribution in [2.45, 2.75) is 33.7 Å². The number of imide groups is 1. The molecule has 0 aromatic heterocycles. The van der Waals surface area contributed by atoms with Crippen molar-refractivity contribution in [3.05, 3.63) is 24.3 Å². The van der Waals surface area contributed by atoms with Crippen LogP contribution in [-0.4, -0.2) is 60.6 Å². The van der Waals surface area contributed by atoms with E-state index in [1.807, 2.05) is 0 Å². The minimum absolute atomic E-state index is 0. The van der Waals surface area contributed by atoms with E-state index in [2.05, 4.69) is 5.32 Å². The first-order valence-electron chi connectivity index (χ1n) is 7.20. The first kappa shape index (κ1) is 21.9. The monoisotopic (exact) mass is 338 g/mol. The summed E-state index contributed by atoms with van der Waals surface area (Å²) in [5.74, 6) is -1.01. The van der Waals surface area contributed by atoms with E-state index in [9.17, 15) is 19.2 Å². The lowest BCUT2D eigenvalue weighted by Crippen LogP contribution is -2.39. The quantitative estimate of drug-likeness (QED) is 0.377. The third-order valence-electron chi connectivity index (χ3n) is 3.40. The number of hydrogen-bond donors (Lipinski definition) is 1. The smallest absolute Gasteiger partial charge is 0.253 e. The van der Waals surface area contributed by atoms with Crippen LogP contribution in [0.5, 0.6) is 0 Å². The Balaban J connectivity index is 0.00000264. The van der Waals surface area contributed by atoms with Gasteiger partial charge in [-0.05, 0) is 31.5 Å². The second kappa shape index (κ2) is 10.6. The zero-order valence-electron chi connectivity index (χ0n) is 12.1. The highest BCUT2D eigenvalue weighted by Gasteiger charge is 2.26. The average Bonchev–Trinajstić information content (AvgIpc) is 2.98. The minimum Gasteiger partial charge on any atom is -0.380 e. The molecule has 0 atom stereocenters. The maximum atomic E-state index is 11.3. The molecule has 0 aromatic carbocycles. The topological polar surface area (TPSA) is 92.8 Å². The fraction of sp³-hybridized carbons (Fsp3) is 0.529. The fourth-order valence-corrected chi connectivity index (χ4v) is 2.18. The predicted molar refractivity (Wildman–Crippen MR) is 90.3 cm³/mol. The van der Waals surface area contributed by atoms with Gasteiger partial charge in [0.05, 0.1) is 13.2 Å². The molecule has 2 amide bonds. The fourth-order valence-electron chi connectivity index (χ4n) is 2.18. The van der Waals surface area contributed by atoms with Gasteiger partial charge in [0.25, 0.3) is 11.8 Å². The van der Waals surface area contributed by atoms with Crippen LogP contribution in [0.3, 0.4) is 0 Å². The number of hydrogen-bond acceptors (Lipinski definition) is 6. The lowest BCUT2D eigenvalue weighted by molar-refractivity contribution is -0.137. The SMILES string of the molecule is C.C.O=C1C=CC(=O)C1NCCCCOCCN1C(=O)C=CC1=O. The highest BCUT2D eigenvalue weighted by molar-refractivity contribution is 6.22. The molecule has 0 saturated heterocycles. The molecule has 1 aliphatic carbocycles. The van der Waals surface area contributed by atoms with Gasteiger partial charge < -0.3 is 10.1 Å². The van der Waals surface area contributed by atoms with Crippen LogP contribution in [0, 0.1) is 0 Å². The number of ether oxygens (including phenoxy) is 1. The second-order valence-corrected chi connectivity index (χ2v) is 5.01. The largest absolute Gasteiger partial charge is 0.380 e. The third kappa shape index (κ3) is 5.82. The molecule has 7 nitrogen and oxygen atoms in total. The number of unbranched alkanes of at least 4 members (excludes halogenated alkanes) is 1. The van der Waals surface area contributed by atoms with Crippen LogP contribution in [0.4, 0.5) is 0 Å². The summed E-state index contributed by atoms with van der Waals surface area (Å²) in [5.41, 5.74) is 0. The van der Waals surface area contributed by atoms with Gasteiger partial charge in [0.15, 0.2) is 11.6 Å². The molecule has 1 aliphatic heterocycles. The molecule has 0 saturated carbocycles. The van der Waals surface area contributed by atoms with Crippen LogP contribution in [0.25, 0.3) is 0 Å². The normalized spacial score (nSPS) is 16.8. The molecule has 0 fully saturated rings. The molecule has 24 heavy (non-hydrogen) atoms. The molecule has 1 heterocycles. The standard InChI is InChI=1S/C15H18N2O5.2CH4/c18-11-3-4-12(19)15(11)16-7-1-2-9-22-10-8-17-13(20)5-6-14(17)21;;/h3-6,15-16H,1-2,7-10H2;2*1H4. The van der Waals surface area contributed by atoms with Crippen molar-refractivity contribution < 1.29 is 23.9 Å². The van der Waals surface area contributed by atoms with Gasteiger partial charge in [-0.2, -0.15) is 0 Å². The summed E-state index contributed by atoms with van der Waals surface area (Å²) in [6.45, 7) is 1.60. The summed E-state index contributed by atoms with van der Waals surface area (Å²) in [7, 11) is 0. The molecule has 7 heteroatoms. The maximum Gasteiger partial charge on any atom is 0.253 e. The van der Waals surface area contributed by atoms with Gasteiger partial charge in [-0.25, -0.2) is 0 Å².